The van der Waals surface area contributed by atoms with E-state index in [2.05, 4.69) is 53.5 Å². The molecule has 0 spiro atoms. The van der Waals surface area contributed by atoms with E-state index in [9.17, 15) is 4.79 Å². The molecule has 5 rings (SSSR count). The number of likely N-dealkylation sites (tertiary alicyclic amines) is 1. The van der Waals surface area contributed by atoms with E-state index in [4.69, 9.17) is 16.3 Å². The quantitative estimate of drug-likeness (QED) is 0.426. The van der Waals surface area contributed by atoms with E-state index in [1.165, 1.54) is 5.56 Å². The van der Waals surface area contributed by atoms with Crippen LogP contribution in [0.4, 0.5) is 0 Å². The Morgan fingerprint density at radius 2 is 1.69 bits per heavy atom. The van der Waals surface area contributed by atoms with Gasteiger partial charge in [-0.1, -0.05) is 90.5 Å². The molecule has 0 aromatic heterocycles. The molecule has 3 aromatic rings. The number of carbonyl (C=O) groups is 1. The Bertz CT molecular complexity index is 1130. The van der Waals surface area contributed by atoms with E-state index < -0.39 is 0 Å². The summed E-state index contributed by atoms with van der Waals surface area (Å²) < 4.78 is 5.36. The van der Waals surface area contributed by atoms with E-state index in [0.717, 1.165) is 17.5 Å². The first-order valence-corrected chi connectivity index (χ1v) is 11.4. The lowest BCUT2D eigenvalue weighted by Gasteiger charge is -2.31. The third-order valence-corrected chi connectivity index (χ3v) is 7.10. The van der Waals surface area contributed by atoms with Crippen LogP contribution in [0.25, 0.3) is 0 Å². The highest BCUT2D eigenvalue weighted by Crippen LogP contribution is 2.52. The first kappa shape index (κ1) is 20.8. The summed E-state index contributed by atoms with van der Waals surface area (Å²) in [4.78, 5) is 16.0. The topological polar surface area (TPSA) is 29.5 Å². The Kier molecular flexibility index (Phi) is 5.75. The van der Waals surface area contributed by atoms with Crippen molar-refractivity contribution in [2.75, 3.05) is 7.11 Å². The normalized spacial score (nSPS) is 24.4. The van der Waals surface area contributed by atoms with Crippen molar-refractivity contribution in [3.8, 4) is 5.75 Å². The van der Waals surface area contributed by atoms with Crippen LogP contribution >= 0.6 is 11.6 Å². The van der Waals surface area contributed by atoms with Gasteiger partial charge in [-0.3, -0.25) is 4.79 Å². The molecule has 2 aliphatic rings. The van der Waals surface area contributed by atoms with Gasteiger partial charge in [0.15, 0.2) is 0 Å². The zero-order valence-corrected chi connectivity index (χ0v) is 18.8. The fraction of sp³-hybridized carbons (Fsp3) is 0.250. The number of fused-ring (bicyclic) bond motifs is 1. The first-order chi connectivity index (χ1) is 15.7. The lowest BCUT2D eigenvalue weighted by atomic mass is 9.71. The second-order valence-corrected chi connectivity index (χ2v) is 8.98. The second-order valence-electron chi connectivity index (χ2n) is 8.57. The SMILES string of the molecule is COc1ccc([C@H]2C3C=CCC(c4ccccc4)C3C(=O)N2Cc2ccccc2)cc1Cl. The van der Waals surface area contributed by atoms with Gasteiger partial charge in [-0.2, -0.15) is 0 Å². The van der Waals surface area contributed by atoms with Crippen molar-refractivity contribution in [3.05, 3.63) is 113 Å². The van der Waals surface area contributed by atoms with Crippen LogP contribution in [-0.2, 0) is 11.3 Å². The molecule has 3 aromatic carbocycles. The lowest BCUT2D eigenvalue weighted by Crippen LogP contribution is -2.30. The van der Waals surface area contributed by atoms with E-state index in [1.54, 1.807) is 7.11 Å². The molecular weight excluding hydrogens is 418 g/mol. The van der Waals surface area contributed by atoms with Crippen LogP contribution in [0.3, 0.4) is 0 Å². The Balaban J connectivity index is 1.58. The van der Waals surface area contributed by atoms with Gasteiger partial charge in [0, 0.05) is 12.5 Å². The van der Waals surface area contributed by atoms with Crippen LogP contribution in [0.2, 0.25) is 5.02 Å². The maximum atomic E-state index is 14.0. The van der Waals surface area contributed by atoms with Gasteiger partial charge in [0.05, 0.1) is 24.1 Å². The van der Waals surface area contributed by atoms with E-state index >= 15 is 0 Å². The minimum Gasteiger partial charge on any atom is -0.495 e. The fourth-order valence-electron chi connectivity index (χ4n) is 5.36. The van der Waals surface area contributed by atoms with Crippen LogP contribution in [0, 0.1) is 11.8 Å². The van der Waals surface area contributed by atoms with E-state index in [0.29, 0.717) is 17.3 Å². The number of allylic oxidation sites excluding steroid dienone is 1. The van der Waals surface area contributed by atoms with Gasteiger partial charge in [0.2, 0.25) is 5.91 Å². The van der Waals surface area contributed by atoms with Gasteiger partial charge in [0.1, 0.15) is 5.75 Å². The molecule has 32 heavy (non-hydrogen) atoms. The molecule has 1 fully saturated rings. The molecule has 0 saturated carbocycles. The van der Waals surface area contributed by atoms with Gasteiger partial charge in [-0.05, 0) is 41.2 Å². The Morgan fingerprint density at radius 3 is 2.38 bits per heavy atom. The van der Waals surface area contributed by atoms with Crippen LogP contribution in [-0.4, -0.2) is 17.9 Å². The summed E-state index contributed by atoms with van der Waals surface area (Å²) in [7, 11) is 1.62. The molecule has 1 aliphatic carbocycles. The number of rotatable bonds is 5. The van der Waals surface area contributed by atoms with Crippen LogP contribution in [0.15, 0.2) is 91.0 Å². The number of hydrogen-bond donors (Lipinski definition) is 0. The van der Waals surface area contributed by atoms with Crippen LogP contribution < -0.4 is 4.74 Å². The smallest absolute Gasteiger partial charge is 0.227 e. The molecule has 4 atom stereocenters. The lowest BCUT2D eigenvalue weighted by molar-refractivity contribution is -0.133. The number of halogens is 1. The minimum absolute atomic E-state index is 0.0705. The number of nitrogens with zero attached hydrogens (tertiary/aromatic N) is 1. The number of carbonyl (C=O) groups excluding carboxylic acids is 1. The minimum atomic E-state index is -0.0861. The highest BCUT2D eigenvalue weighted by Gasteiger charge is 2.51. The van der Waals surface area contributed by atoms with Crippen molar-refractivity contribution in [2.45, 2.75) is 24.9 Å². The molecule has 1 aliphatic heterocycles. The highest BCUT2D eigenvalue weighted by molar-refractivity contribution is 6.32. The number of hydrogen-bond acceptors (Lipinski definition) is 2. The Labute approximate surface area is 194 Å². The molecule has 0 N–H and O–H groups in total. The monoisotopic (exact) mass is 443 g/mol. The molecule has 4 heteroatoms. The fourth-order valence-corrected chi connectivity index (χ4v) is 5.63. The number of benzene rings is 3. The summed E-state index contributed by atoms with van der Waals surface area (Å²) >= 11 is 6.51. The van der Waals surface area contributed by atoms with Gasteiger partial charge in [-0.15, -0.1) is 0 Å². The summed E-state index contributed by atoms with van der Waals surface area (Å²) in [6.45, 7) is 0.580. The average molecular weight is 444 g/mol. The van der Waals surface area contributed by atoms with E-state index in [1.807, 2.05) is 42.5 Å². The maximum absolute atomic E-state index is 14.0. The predicted molar refractivity (Wildman–Crippen MR) is 128 cm³/mol. The van der Waals surface area contributed by atoms with Crippen molar-refractivity contribution in [1.29, 1.82) is 0 Å². The Hall–Kier alpha value is -3.04. The third-order valence-electron chi connectivity index (χ3n) is 6.81. The van der Waals surface area contributed by atoms with Crippen molar-refractivity contribution in [1.82, 2.24) is 4.90 Å². The maximum Gasteiger partial charge on any atom is 0.227 e. The molecule has 3 nitrogen and oxygen atoms in total. The van der Waals surface area contributed by atoms with Crippen LogP contribution in [0.5, 0.6) is 5.75 Å². The molecule has 1 heterocycles. The van der Waals surface area contributed by atoms with Crippen molar-refractivity contribution in [3.63, 3.8) is 0 Å². The number of methoxy groups -OCH3 is 1. The van der Waals surface area contributed by atoms with Gasteiger partial charge < -0.3 is 9.64 Å². The van der Waals surface area contributed by atoms with E-state index in [-0.39, 0.29) is 29.7 Å². The standard InChI is InChI=1S/C28H26ClNO2/c1-32-25-16-15-21(17-24(25)29)27-23-14-8-13-22(20-11-6-3-7-12-20)26(23)28(31)30(27)18-19-9-4-2-5-10-19/h2-12,14-17,22-23,26-27H,13,18H2,1H3/t22?,23?,26?,27-/m0/s1. The summed E-state index contributed by atoms with van der Waals surface area (Å²) in [6.07, 6.45) is 5.37. The molecule has 0 bridgehead atoms. The summed E-state index contributed by atoms with van der Waals surface area (Å²) in [5.74, 6) is 1.04. The first-order valence-electron chi connectivity index (χ1n) is 11.1. The molecular formula is C28H26ClNO2. The summed E-state index contributed by atoms with van der Waals surface area (Å²) in [5.41, 5.74) is 3.41. The van der Waals surface area contributed by atoms with Gasteiger partial charge in [-0.25, -0.2) is 0 Å². The zero-order chi connectivity index (χ0) is 22.1. The summed E-state index contributed by atoms with van der Waals surface area (Å²) in [6, 6.07) is 26.5. The molecule has 1 amide bonds. The largest absolute Gasteiger partial charge is 0.495 e. The average Bonchev–Trinajstić information content (AvgIpc) is 3.12. The van der Waals surface area contributed by atoms with Crippen molar-refractivity contribution >= 4 is 17.5 Å². The molecule has 162 valence electrons. The van der Waals surface area contributed by atoms with Crippen molar-refractivity contribution < 1.29 is 9.53 Å². The third kappa shape index (κ3) is 3.71. The second kappa shape index (κ2) is 8.84. The summed E-state index contributed by atoms with van der Waals surface area (Å²) in [5, 5.41) is 0.569. The van der Waals surface area contributed by atoms with Gasteiger partial charge >= 0.3 is 0 Å². The highest BCUT2D eigenvalue weighted by atomic mass is 35.5. The van der Waals surface area contributed by atoms with Crippen LogP contribution in [0.1, 0.15) is 35.1 Å². The molecule has 0 radical (unpaired) electrons. The van der Waals surface area contributed by atoms with Gasteiger partial charge in [0.25, 0.3) is 0 Å². The number of amides is 1. The zero-order valence-electron chi connectivity index (χ0n) is 18.0. The number of ether oxygens (including phenoxy) is 1. The molecule has 3 unspecified atom stereocenters. The van der Waals surface area contributed by atoms with Crippen molar-refractivity contribution in [2.24, 2.45) is 11.8 Å². The predicted octanol–water partition coefficient (Wildman–Crippen LogP) is 6.41. The Morgan fingerprint density at radius 1 is 0.969 bits per heavy atom. The molecule has 1 saturated heterocycles.